The maximum atomic E-state index is 12.9. The SMILES string of the molecule is O=C1[C@@H]2CCCC[C@H]2C(=O)N1c1ccc2nc(SCc3ccc([N+](=O)[O-])cc3)sc2c1. The molecule has 5 rings (SSSR count). The van der Waals surface area contributed by atoms with Gasteiger partial charge < -0.3 is 0 Å². The molecule has 2 atom stereocenters. The Balaban J connectivity index is 1.34. The summed E-state index contributed by atoms with van der Waals surface area (Å²) in [5.41, 5.74) is 2.52. The number of imide groups is 1. The molecule has 1 saturated heterocycles. The number of nitro benzene ring substituents is 1. The second-order valence-electron chi connectivity index (χ2n) is 7.85. The minimum absolute atomic E-state index is 0.0636. The summed E-state index contributed by atoms with van der Waals surface area (Å²) in [5.74, 6) is 0.201. The number of carbonyl (C=O) groups is 2. The summed E-state index contributed by atoms with van der Waals surface area (Å²) >= 11 is 3.08. The molecular formula is C22H19N3O4S2. The van der Waals surface area contributed by atoms with Crippen LogP contribution in [0.2, 0.25) is 0 Å². The molecule has 0 spiro atoms. The zero-order valence-electron chi connectivity index (χ0n) is 16.5. The first-order valence-corrected chi connectivity index (χ1v) is 12.0. The van der Waals surface area contributed by atoms with E-state index in [-0.39, 0.29) is 29.3 Å². The van der Waals surface area contributed by atoms with Crippen LogP contribution in [-0.2, 0) is 15.3 Å². The largest absolute Gasteiger partial charge is 0.274 e. The molecule has 31 heavy (non-hydrogen) atoms. The second kappa shape index (κ2) is 8.05. The van der Waals surface area contributed by atoms with Gasteiger partial charge in [0.05, 0.1) is 32.7 Å². The third kappa shape index (κ3) is 3.72. The first kappa shape index (κ1) is 20.1. The fourth-order valence-corrected chi connectivity index (χ4v) is 6.43. The molecule has 2 aromatic carbocycles. The van der Waals surface area contributed by atoms with Crippen LogP contribution in [0.1, 0.15) is 31.2 Å². The van der Waals surface area contributed by atoms with Crippen LogP contribution in [-0.4, -0.2) is 21.7 Å². The van der Waals surface area contributed by atoms with E-state index in [0.29, 0.717) is 11.4 Å². The number of rotatable bonds is 5. The molecule has 0 radical (unpaired) electrons. The molecule has 1 aliphatic carbocycles. The normalized spacial score (nSPS) is 21.0. The summed E-state index contributed by atoms with van der Waals surface area (Å²) in [7, 11) is 0. The molecule has 2 heterocycles. The average molecular weight is 454 g/mol. The summed E-state index contributed by atoms with van der Waals surface area (Å²) in [5, 5.41) is 10.8. The van der Waals surface area contributed by atoms with Gasteiger partial charge in [-0.3, -0.25) is 24.6 Å². The number of anilines is 1. The monoisotopic (exact) mass is 453 g/mol. The molecule has 0 bridgehead atoms. The molecule has 158 valence electrons. The lowest BCUT2D eigenvalue weighted by Crippen LogP contribution is -2.30. The number of fused-ring (bicyclic) bond motifs is 2. The molecule has 3 aromatic rings. The fraction of sp³-hybridized carbons (Fsp3) is 0.318. The van der Waals surface area contributed by atoms with Crippen LogP contribution < -0.4 is 4.90 Å². The lowest BCUT2D eigenvalue weighted by Gasteiger charge is -2.19. The average Bonchev–Trinajstić information content (AvgIpc) is 3.30. The number of amides is 2. The molecule has 1 aliphatic heterocycles. The molecule has 7 nitrogen and oxygen atoms in total. The number of aromatic nitrogens is 1. The van der Waals surface area contributed by atoms with Crippen LogP contribution in [0.15, 0.2) is 46.8 Å². The van der Waals surface area contributed by atoms with Gasteiger partial charge in [0.25, 0.3) is 5.69 Å². The van der Waals surface area contributed by atoms with Crippen molar-refractivity contribution in [1.82, 2.24) is 4.98 Å². The first-order valence-electron chi connectivity index (χ1n) is 10.2. The van der Waals surface area contributed by atoms with Gasteiger partial charge in [-0.1, -0.05) is 36.7 Å². The molecular weight excluding hydrogens is 434 g/mol. The van der Waals surface area contributed by atoms with E-state index in [2.05, 4.69) is 4.98 Å². The number of thioether (sulfide) groups is 1. The summed E-state index contributed by atoms with van der Waals surface area (Å²) in [6.45, 7) is 0. The Morgan fingerprint density at radius 1 is 1.06 bits per heavy atom. The van der Waals surface area contributed by atoms with Gasteiger partial charge in [0.1, 0.15) is 0 Å². The van der Waals surface area contributed by atoms with E-state index in [9.17, 15) is 19.7 Å². The van der Waals surface area contributed by atoms with Gasteiger partial charge in [0, 0.05) is 17.9 Å². The molecule has 2 fully saturated rings. The minimum atomic E-state index is -0.410. The van der Waals surface area contributed by atoms with Gasteiger partial charge in [-0.25, -0.2) is 4.98 Å². The summed E-state index contributed by atoms with van der Waals surface area (Å²) in [6.07, 6.45) is 3.63. The highest BCUT2D eigenvalue weighted by Crippen LogP contribution is 2.41. The number of hydrogen-bond donors (Lipinski definition) is 0. The molecule has 2 aliphatic rings. The van der Waals surface area contributed by atoms with Crippen molar-refractivity contribution in [1.29, 1.82) is 0 Å². The van der Waals surface area contributed by atoms with Crippen LogP contribution in [0.5, 0.6) is 0 Å². The third-order valence-corrected chi connectivity index (χ3v) is 8.19. The van der Waals surface area contributed by atoms with Crippen LogP contribution in [0, 0.1) is 22.0 Å². The van der Waals surface area contributed by atoms with Crippen LogP contribution in [0.3, 0.4) is 0 Å². The standard InChI is InChI=1S/C22H19N3O4S2/c26-20-16-3-1-2-4-17(16)21(27)24(20)15-9-10-18-19(11-15)31-22(23-18)30-12-13-5-7-14(8-6-13)25(28)29/h5-11,16-17H,1-4,12H2/t16-,17-/m1/s1. The Morgan fingerprint density at radius 2 is 1.74 bits per heavy atom. The highest BCUT2D eigenvalue weighted by atomic mass is 32.2. The molecule has 1 saturated carbocycles. The zero-order valence-corrected chi connectivity index (χ0v) is 18.2. The summed E-state index contributed by atoms with van der Waals surface area (Å²) < 4.78 is 1.80. The van der Waals surface area contributed by atoms with Crippen molar-refractivity contribution in [3.8, 4) is 0 Å². The van der Waals surface area contributed by atoms with E-state index in [0.717, 1.165) is 45.8 Å². The Hall–Kier alpha value is -2.78. The fourth-order valence-electron chi connectivity index (χ4n) is 4.37. The molecule has 1 aromatic heterocycles. The lowest BCUT2D eigenvalue weighted by molar-refractivity contribution is -0.384. The first-order chi connectivity index (χ1) is 15.0. The zero-order chi connectivity index (χ0) is 21.5. The van der Waals surface area contributed by atoms with Gasteiger partial charge in [-0.2, -0.15) is 0 Å². The Morgan fingerprint density at radius 3 is 2.39 bits per heavy atom. The van der Waals surface area contributed by atoms with Crippen molar-refractivity contribution in [2.75, 3.05) is 4.90 Å². The highest BCUT2D eigenvalue weighted by molar-refractivity contribution is 8.00. The molecule has 9 heteroatoms. The number of thiazole rings is 1. The number of carbonyl (C=O) groups excluding carboxylic acids is 2. The van der Waals surface area contributed by atoms with Crippen molar-refractivity contribution >= 4 is 56.5 Å². The van der Waals surface area contributed by atoms with Gasteiger partial charge in [0.15, 0.2) is 4.34 Å². The van der Waals surface area contributed by atoms with Crippen molar-refractivity contribution in [3.63, 3.8) is 0 Å². The number of nitrogens with zero attached hydrogens (tertiary/aromatic N) is 3. The minimum Gasteiger partial charge on any atom is -0.274 e. The highest BCUT2D eigenvalue weighted by Gasteiger charge is 2.48. The van der Waals surface area contributed by atoms with Crippen molar-refractivity contribution in [3.05, 3.63) is 58.1 Å². The van der Waals surface area contributed by atoms with Crippen molar-refractivity contribution in [2.45, 2.75) is 35.8 Å². The van der Waals surface area contributed by atoms with E-state index in [1.165, 1.54) is 28.4 Å². The van der Waals surface area contributed by atoms with E-state index >= 15 is 0 Å². The third-order valence-electron chi connectivity index (χ3n) is 5.96. The van der Waals surface area contributed by atoms with Crippen molar-refractivity contribution in [2.24, 2.45) is 11.8 Å². The predicted octanol–water partition coefficient (Wildman–Crippen LogP) is 5.18. The maximum absolute atomic E-state index is 12.9. The molecule has 0 unspecified atom stereocenters. The van der Waals surface area contributed by atoms with Crippen LogP contribution in [0.4, 0.5) is 11.4 Å². The van der Waals surface area contributed by atoms with E-state index in [4.69, 9.17) is 0 Å². The lowest BCUT2D eigenvalue weighted by atomic mass is 9.81. The predicted molar refractivity (Wildman–Crippen MR) is 120 cm³/mol. The maximum Gasteiger partial charge on any atom is 0.269 e. The molecule has 0 N–H and O–H groups in total. The van der Waals surface area contributed by atoms with Gasteiger partial charge in [0.2, 0.25) is 11.8 Å². The number of nitro groups is 1. The number of non-ortho nitro benzene ring substituents is 1. The number of benzene rings is 2. The van der Waals surface area contributed by atoms with E-state index in [1.54, 1.807) is 30.0 Å². The van der Waals surface area contributed by atoms with Gasteiger partial charge in [-0.05, 0) is 36.6 Å². The number of hydrogen-bond acceptors (Lipinski definition) is 7. The Kier molecular flexibility index (Phi) is 5.23. The van der Waals surface area contributed by atoms with Gasteiger partial charge in [-0.15, -0.1) is 11.3 Å². The summed E-state index contributed by atoms with van der Waals surface area (Å²) in [4.78, 5) is 42.1. The molecule has 2 amide bonds. The quantitative estimate of drug-likeness (QED) is 0.229. The van der Waals surface area contributed by atoms with Crippen molar-refractivity contribution < 1.29 is 14.5 Å². The van der Waals surface area contributed by atoms with Gasteiger partial charge >= 0.3 is 0 Å². The van der Waals surface area contributed by atoms with E-state index < -0.39 is 4.92 Å². The van der Waals surface area contributed by atoms with Crippen LogP contribution in [0.25, 0.3) is 10.2 Å². The smallest absolute Gasteiger partial charge is 0.269 e. The van der Waals surface area contributed by atoms with E-state index in [1.807, 2.05) is 12.1 Å². The topological polar surface area (TPSA) is 93.4 Å². The second-order valence-corrected chi connectivity index (χ2v) is 10.1. The van der Waals surface area contributed by atoms with Crippen LogP contribution >= 0.6 is 23.1 Å². The summed E-state index contributed by atoms with van der Waals surface area (Å²) in [6, 6.07) is 12.1. The Labute approximate surface area is 186 Å². The Bertz CT molecular complexity index is 1170.